The quantitative estimate of drug-likeness (QED) is 0.639. The molecule has 0 aromatic heterocycles. The van der Waals surface area contributed by atoms with Crippen molar-refractivity contribution in [2.45, 2.75) is 6.92 Å². The molecule has 1 aliphatic heterocycles. The second-order valence-electron chi connectivity index (χ2n) is 7.58. The number of halogens is 1. The topological polar surface area (TPSA) is 52.7 Å². The zero-order chi connectivity index (χ0) is 21.8. The fourth-order valence-corrected chi connectivity index (χ4v) is 3.97. The van der Waals surface area contributed by atoms with Crippen molar-refractivity contribution < 1.29 is 9.59 Å². The minimum atomic E-state index is -0.235. The largest absolute Gasteiger partial charge is 0.368 e. The number of aryl methyl sites for hydroxylation is 1. The number of nitrogens with one attached hydrogen (secondary N) is 1. The molecule has 1 saturated heterocycles. The Morgan fingerprint density at radius 1 is 0.806 bits per heavy atom. The van der Waals surface area contributed by atoms with E-state index in [1.54, 1.807) is 24.3 Å². The maximum Gasteiger partial charge on any atom is 0.257 e. The molecule has 0 spiro atoms. The molecule has 31 heavy (non-hydrogen) atoms. The van der Waals surface area contributed by atoms with Crippen molar-refractivity contribution in [1.82, 2.24) is 4.90 Å². The van der Waals surface area contributed by atoms with E-state index >= 15 is 0 Å². The van der Waals surface area contributed by atoms with Crippen molar-refractivity contribution in [2.24, 2.45) is 0 Å². The molecule has 0 atom stereocenters. The molecule has 1 N–H and O–H groups in total. The summed E-state index contributed by atoms with van der Waals surface area (Å²) in [5.74, 6) is -0.142. The van der Waals surface area contributed by atoms with Gasteiger partial charge in [0.2, 0.25) is 0 Å². The van der Waals surface area contributed by atoms with Crippen LogP contribution >= 0.6 is 11.6 Å². The number of amides is 2. The highest BCUT2D eigenvalue weighted by molar-refractivity contribution is 6.34. The summed E-state index contributed by atoms with van der Waals surface area (Å²) in [5.41, 5.74) is 4.00. The minimum Gasteiger partial charge on any atom is -0.368 e. The van der Waals surface area contributed by atoms with E-state index in [9.17, 15) is 9.59 Å². The van der Waals surface area contributed by atoms with Crippen molar-refractivity contribution in [3.05, 3.63) is 94.5 Å². The van der Waals surface area contributed by atoms with E-state index in [0.717, 1.165) is 29.9 Å². The number of benzene rings is 3. The molecule has 1 aliphatic rings. The lowest BCUT2D eigenvalue weighted by Gasteiger charge is -2.36. The predicted octanol–water partition coefficient (Wildman–Crippen LogP) is 4.86. The average Bonchev–Trinajstić information content (AvgIpc) is 2.80. The molecule has 1 heterocycles. The second-order valence-corrected chi connectivity index (χ2v) is 7.98. The van der Waals surface area contributed by atoms with Gasteiger partial charge in [-0.1, -0.05) is 41.9 Å². The Morgan fingerprint density at radius 2 is 1.42 bits per heavy atom. The minimum absolute atomic E-state index is 0.0929. The number of hydrogen-bond donors (Lipinski definition) is 1. The van der Waals surface area contributed by atoms with Crippen molar-refractivity contribution in [3.63, 3.8) is 0 Å². The van der Waals surface area contributed by atoms with Gasteiger partial charge < -0.3 is 15.1 Å². The molecule has 0 saturated carbocycles. The van der Waals surface area contributed by atoms with E-state index in [-0.39, 0.29) is 11.8 Å². The lowest BCUT2D eigenvalue weighted by Crippen LogP contribution is -2.48. The first-order valence-corrected chi connectivity index (χ1v) is 10.7. The highest BCUT2D eigenvalue weighted by atomic mass is 35.5. The molecule has 1 fully saturated rings. The van der Waals surface area contributed by atoms with E-state index < -0.39 is 0 Å². The molecule has 158 valence electrons. The van der Waals surface area contributed by atoms with Crippen LogP contribution in [0.25, 0.3) is 0 Å². The summed E-state index contributed by atoms with van der Waals surface area (Å²) in [6.45, 7) is 4.86. The van der Waals surface area contributed by atoms with Crippen molar-refractivity contribution in [3.8, 4) is 0 Å². The number of carbonyl (C=O) groups is 2. The maximum absolute atomic E-state index is 12.8. The number of hydrogen-bond acceptors (Lipinski definition) is 3. The van der Waals surface area contributed by atoms with Gasteiger partial charge in [0.15, 0.2) is 0 Å². The van der Waals surface area contributed by atoms with Crippen LogP contribution in [0, 0.1) is 6.92 Å². The Hall–Kier alpha value is -3.31. The van der Waals surface area contributed by atoms with Crippen LogP contribution in [0.1, 0.15) is 26.3 Å². The highest BCUT2D eigenvalue weighted by Crippen LogP contribution is 2.22. The van der Waals surface area contributed by atoms with Crippen LogP contribution in [0.15, 0.2) is 72.8 Å². The highest BCUT2D eigenvalue weighted by Gasteiger charge is 2.23. The Balaban J connectivity index is 1.35. The fraction of sp³-hybridized carbons (Fsp3) is 0.200. The van der Waals surface area contributed by atoms with Crippen molar-refractivity contribution >= 4 is 34.8 Å². The lowest BCUT2D eigenvalue weighted by atomic mass is 10.1. The monoisotopic (exact) mass is 433 g/mol. The Morgan fingerprint density at radius 3 is 2.06 bits per heavy atom. The lowest BCUT2D eigenvalue weighted by molar-refractivity contribution is 0.0746. The van der Waals surface area contributed by atoms with E-state index in [4.69, 9.17) is 11.6 Å². The Labute approximate surface area is 187 Å². The third kappa shape index (κ3) is 4.72. The van der Waals surface area contributed by atoms with Gasteiger partial charge in [-0.2, -0.15) is 0 Å². The van der Waals surface area contributed by atoms with Crippen LogP contribution in [0.5, 0.6) is 0 Å². The zero-order valence-corrected chi connectivity index (χ0v) is 18.1. The Kier molecular flexibility index (Phi) is 6.23. The van der Waals surface area contributed by atoms with Crippen LogP contribution < -0.4 is 10.2 Å². The summed E-state index contributed by atoms with van der Waals surface area (Å²) in [6, 6.07) is 22.4. The van der Waals surface area contributed by atoms with Crippen molar-refractivity contribution in [2.75, 3.05) is 36.4 Å². The summed E-state index contributed by atoms with van der Waals surface area (Å²) in [4.78, 5) is 29.4. The molecule has 3 aromatic carbocycles. The SMILES string of the molecule is Cc1ccccc1C(=O)N1CCN(c2ccc(NC(=O)c3ccccc3Cl)cc2)CC1. The average molecular weight is 434 g/mol. The summed E-state index contributed by atoms with van der Waals surface area (Å²) < 4.78 is 0. The van der Waals surface area contributed by atoms with Crippen LogP contribution in [0.3, 0.4) is 0 Å². The number of piperazine rings is 1. The normalized spacial score (nSPS) is 13.7. The van der Waals surface area contributed by atoms with Gasteiger partial charge in [0.25, 0.3) is 11.8 Å². The third-order valence-corrected chi connectivity index (χ3v) is 5.88. The van der Waals surface area contributed by atoms with E-state index in [1.165, 1.54) is 0 Å². The van der Waals surface area contributed by atoms with E-state index in [2.05, 4.69) is 10.2 Å². The van der Waals surface area contributed by atoms with Crippen LogP contribution in [-0.2, 0) is 0 Å². The molecule has 4 rings (SSSR count). The molecule has 6 heteroatoms. The molecule has 0 radical (unpaired) electrons. The second kappa shape index (κ2) is 9.23. The van der Waals surface area contributed by atoms with Gasteiger partial charge >= 0.3 is 0 Å². The number of anilines is 2. The van der Waals surface area contributed by atoms with Gasteiger partial charge in [0, 0.05) is 43.1 Å². The smallest absolute Gasteiger partial charge is 0.257 e. The van der Waals surface area contributed by atoms with E-state index in [1.807, 2.05) is 60.4 Å². The summed E-state index contributed by atoms with van der Waals surface area (Å²) >= 11 is 6.10. The number of nitrogens with zero attached hydrogens (tertiary/aromatic N) is 2. The summed E-state index contributed by atoms with van der Waals surface area (Å²) in [7, 11) is 0. The van der Waals surface area contributed by atoms with Crippen LogP contribution in [0.4, 0.5) is 11.4 Å². The first-order valence-electron chi connectivity index (χ1n) is 10.3. The molecule has 0 unspecified atom stereocenters. The maximum atomic E-state index is 12.8. The molecule has 5 nitrogen and oxygen atoms in total. The Bertz CT molecular complexity index is 1090. The van der Waals surface area contributed by atoms with Gasteiger partial charge in [-0.3, -0.25) is 9.59 Å². The third-order valence-electron chi connectivity index (χ3n) is 5.55. The molecule has 3 aromatic rings. The number of rotatable bonds is 4. The molecular formula is C25H24ClN3O2. The standard InChI is InChI=1S/C25H24ClN3O2/c1-18-6-2-3-7-21(18)25(31)29-16-14-28(15-17-29)20-12-10-19(11-13-20)27-24(30)22-8-4-5-9-23(22)26/h2-13H,14-17H2,1H3,(H,27,30). The number of carbonyl (C=O) groups excluding carboxylic acids is 2. The van der Waals surface area contributed by atoms with Gasteiger partial charge in [-0.25, -0.2) is 0 Å². The summed E-state index contributed by atoms with van der Waals surface area (Å²) in [6.07, 6.45) is 0. The molecular weight excluding hydrogens is 410 g/mol. The first kappa shape index (κ1) is 20.9. The molecule has 2 amide bonds. The van der Waals surface area contributed by atoms with Crippen LogP contribution in [-0.4, -0.2) is 42.9 Å². The summed E-state index contributed by atoms with van der Waals surface area (Å²) in [5, 5.41) is 3.31. The van der Waals surface area contributed by atoms with Gasteiger partial charge in [-0.05, 0) is 55.0 Å². The van der Waals surface area contributed by atoms with Gasteiger partial charge in [-0.15, -0.1) is 0 Å². The fourth-order valence-electron chi connectivity index (χ4n) is 3.75. The van der Waals surface area contributed by atoms with Crippen LogP contribution in [0.2, 0.25) is 5.02 Å². The van der Waals surface area contributed by atoms with Gasteiger partial charge in [0.1, 0.15) is 0 Å². The first-order chi connectivity index (χ1) is 15.0. The predicted molar refractivity (Wildman–Crippen MR) is 125 cm³/mol. The molecule has 0 bridgehead atoms. The molecule has 0 aliphatic carbocycles. The van der Waals surface area contributed by atoms with Crippen molar-refractivity contribution in [1.29, 1.82) is 0 Å². The van der Waals surface area contributed by atoms with Gasteiger partial charge in [0.05, 0.1) is 10.6 Å². The zero-order valence-electron chi connectivity index (χ0n) is 17.3. The van der Waals surface area contributed by atoms with E-state index in [0.29, 0.717) is 29.4 Å².